The molecule has 1 aromatic carbocycles. The molecule has 1 aromatic rings. The molecule has 4 heteroatoms. The van der Waals surface area contributed by atoms with Crippen LogP contribution in [0.15, 0.2) is 30.3 Å². The van der Waals surface area contributed by atoms with E-state index in [1.54, 1.807) is 0 Å². The number of fused-ring (bicyclic) bond motifs is 5. The first-order chi connectivity index (χ1) is 18.2. The fourth-order valence-electron chi connectivity index (χ4n) is 10.1. The summed E-state index contributed by atoms with van der Waals surface area (Å²) in [4.78, 5) is 12.5. The molecule has 212 valence electrons. The second-order valence-corrected chi connectivity index (χ2v) is 15.1. The summed E-state index contributed by atoms with van der Waals surface area (Å²) >= 11 is 0.827. The number of ether oxygens (including phenoxy) is 1. The zero-order chi connectivity index (χ0) is 26.9. The smallest absolute Gasteiger partial charge is 0.407 e. The van der Waals surface area contributed by atoms with Crippen LogP contribution < -0.4 is 4.18 Å². The molecular formula is C34H52O3S. The van der Waals surface area contributed by atoms with Crippen molar-refractivity contribution in [1.82, 2.24) is 0 Å². The van der Waals surface area contributed by atoms with E-state index >= 15 is 0 Å². The van der Waals surface area contributed by atoms with Crippen molar-refractivity contribution in [2.75, 3.05) is 0 Å². The summed E-state index contributed by atoms with van der Waals surface area (Å²) in [5, 5.41) is -0.302. The van der Waals surface area contributed by atoms with E-state index in [2.05, 4.69) is 34.6 Å². The van der Waals surface area contributed by atoms with Gasteiger partial charge in [0.05, 0.1) is 0 Å². The Labute approximate surface area is 236 Å². The third-order valence-electron chi connectivity index (χ3n) is 12.0. The van der Waals surface area contributed by atoms with Crippen molar-refractivity contribution in [3.63, 3.8) is 0 Å². The number of para-hydroxylation sites is 1. The molecule has 0 N–H and O–H groups in total. The van der Waals surface area contributed by atoms with Crippen LogP contribution in [0.3, 0.4) is 0 Å². The topological polar surface area (TPSA) is 35.5 Å². The quantitative estimate of drug-likeness (QED) is 0.243. The van der Waals surface area contributed by atoms with E-state index in [4.69, 9.17) is 8.92 Å². The molecule has 4 aliphatic carbocycles. The first-order valence-corrected chi connectivity index (χ1v) is 16.5. The predicted octanol–water partition coefficient (Wildman–Crippen LogP) is 10.3. The molecular weight excluding hydrogens is 488 g/mol. The van der Waals surface area contributed by atoms with Gasteiger partial charge in [-0.05, 0) is 122 Å². The van der Waals surface area contributed by atoms with E-state index in [-0.39, 0.29) is 11.4 Å². The third kappa shape index (κ3) is 5.68. The molecule has 4 aliphatic rings. The van der Waals surface area contributed by atoms with Gasteiger partial charge < -0.3 is 8.92 Å². The van der Waals surface area contributed by atoms with Crippen molar-refractivity contribution in [1.29, 1.82) is 0 Å². The van der Waals surface area contributed by atoms with Gasteiger partial charge in [-0.3, -0.25) is 0 Å². The van der Waals surface area contributed by atoms with Crippen molar-refractivity contribution in [3.05, 3.63) is 30.3 Å². The van der Waals surface area contributed by atoms with E-state index < -0.39 is 0 Å². The highest BCUT2D eigenvalue weighted by Gasteiger charge is 2.60. The summed E-state index contributed by atoms with van der Waals surface area (Å²) in [5.41, 5.74) is 0.978. The molecule has 4 fully saturated rings. The largest absolute Gasteiger partial charge is 0.452 e. The van der Waals surface area contributed by atoms with Gasteiger partial charge in [0.2, 0.25) is 0 Å². The number of benzene rings is 1. The molecule has 3 nitrogen and oxygen atoms in total. The van der Waals surface area contributed by atoms with Crippen molar-refractivity contribution in [2.24, 2.45) is 52.3 Å². The summed E-state index contributed by atoms with van der Waals surface area (Å²) in [6, 6.07) is 9.48. The number of hydrogen-bond donors (Lipinski definition) is 0. The van der Waals surface area contributed by atoms with E-state index in [1.165, 1.54) is 64.2 Å². The van der Waals surface area contributed by atoms with Gasteiger partial charge >= 0.3 is 5.30 Å². The molecule has 9 atom stereocenters. The lowest BCUT2D eigenvalue weighted by Crippen LogP contribution is -2.54. The Bertz CT molecular complexity index is 933. The zero-order valence-electron chi connectivity index (χ0n) is 24.6. The van der Waals surface area contributed by atoms with E-state index in [9.17, 15) is 4.79 Å². The van der Waals surface area contributed by atoms with Gasteiger partial charge in [-0.25, -0.2) is 4.79 Å². The van der Waals surface area contributed by atoms with Crippen molar-refractivity contribution in [3.8, 4) is 5.75 Å². The number of carbonyl (C=O) groups excluding carboxylic acids is 1. The molecule has 0 aliphatic heterocycles. The minimum Gasteiger partial charge on any atom is -0.452 e. The zero-order valence-corrected chi connectivity index (χ0v) is 25.4. The molecule has 0 radical (unpaired) electrons. The van der Waals surface area contributed by atoms with Crippen LogP contribution in [0.1, 0.15) is 112 Å². The molecule has 0 unspecified atom stereocenters. The maximum Gasteiger partial charge on any atom is 0.407 e. The van der Waals surface area contributed by atoms with Crippen LogP contribution in [-0.4, -0.2) is 11.4 Å². The molecule has 0 bridgehead atoms. The van der Waals surface area contributed by atoms with E-state index in [1.807, 2.05) is 30.3 Å². The normalized spacial score (nSPS) is 39.1. The van der Waals surface area contributed by atoms with Crippen LogP contribution in [0.5, 0.6) is 5.75 Å². The minimum absolute atomic E-state index is 0.0420. The molecule has 5 rings (SSSR count). The van der Waals surface area contributed by atoms with Crippen molar-refractivity contribution in [2.45, 2.75) is 118 Å². The van der Waals surface area contributed by atoms with Crippen LogP contribution in [0.2, 0.25) is 0 Å². The fraction of sp³-hybridized carbons (Fsp3) is 0.794. The Morgan fingerprint density at radius 1 is 0.921 bits per heavy atom. The highest BCUT2D eigenvalue weighted by molar-refractivity contribution is 8.09. The summed E-state index contributed by atoms with van der Waals surface area (Å²) in [5.74, 6) is 6.72. The van der Waals surface area contributed by atoms with Crippen LogP contribution >= 0.6 is 12.0 Å². The summed E-state index contributed by atoms with van der Waals surface area (Å²) in [6.07, 6.45) is 16.0. The average Bonchev–Trinajstić information content (AvgIpc) is 3.25. The number of hydrogen-bond acceptors (Lipinski definition) is 4. The molecule has 38 heavy (non-hydrogen) atoms. The molecule has 0 aromatic heterocycles. The fourth-order valence-corrected chi connectivity index (χ4v) is 10.5. The van der Waals surface area contributed by atoms with Gasteiger partial charge in [-0.1, -0.05) is 72.1 Å². The molecule has 4 saturated carbocycles. The molecule has 0 amide bonds. The number of rotatable bonds is 8. The van der Waals surface area contributed by atoms with Gasteiger partial charge in [-0.2, -0.15) is 0 Å². The van der Waals surface area contributed by atoms with Crippen molar-refractivity contribution >= 4 is 17.3 Å². The van der Waals surface area contributed by atoms with Crippen molar-refractivity contribution < 1.29 is 13.7 Å². The SMILES string of the molecule is CC(C)CCC[C@@H](C)[C@H]1CC[C@H]2[C@@H]3CC[C@H]4C[C@@H](OC(=O)SOc5ccccc5)CC[C@]4(C)[C@H]3CC[C@]12C. The van der Waals surface area contributed by atoms with Gasteiger partial charge in [0.15, 0.2) is 12.0 Å². The monoisotopic (exact) mass is 540 g/mol. The first kappa shape index (κ1) is 28.4. The highest BCUT2D eigenvalue weighted by atomic mass is 32.2. The lowest BCUT2D eigenvalue weighted by Gasteiger charge is -2.61. The lowest BCUT2D eigenvalue weighted by molar-refractivity contribution is -0.128. The third-order valence-corrected chi connectivity index (χ3v) is 12.5. The first-order valence-electron chi connectivity index (χ1n) is 15.8. The maximum absolute atomic E-state index is 12.5. The Balaban J connectivity index is 1.16. The standard InChI is InChI=1S/C34H52O3S/c1-23(2)10-9-11-24(3)29-16-17-30-28-15-14-25-22-27(36-32(35)38-37-26-12-7-6-8-13-26)18-20-33(25,4)31(28)19-21-34(29,30)5/h6-8,12-13,23-25,27-31H,9-11,14-22H2,1-5H3/t24-,25+,27+,28+,29-,30+,31+,33+,34-/m1/s1. The van der Waals surface area contributed by atoms with Crippen LogP contribution in [0.4, 0.5) is 4.79 Å². The second-order valence-electron chi connectivity index (χ2n) is 14.4. The summed E-state index contributed by atoms with van der Waals surface area (Å²) in [6.45, 7) is 12.6. The van der Waals surface area contributed by atoms with Gasteiger partial charge in [0.1, 0.15) is 11.9 Å². The molecule has 0 saturated heterocycles. The minimum atomic E-state index is -0.302. The van der Waals surface area contributed by atoms with Crippen LogP contribution in [-0.2, 0) is 4.74 Å². The highest BCUT2D eigenvalue weighted by Crippen LogP contribution is 2.68. The lowest BCUT2D eigenvalue weighted by atomic mass is 9.44. The van der Waals surface area contributed by atoms with Crippen LogP contribution in [0, 0.1) is 52.3 Å². The number of carbonyl (C=O) groups is 1. The second kappa shape index (κ2) is 11.8. The van der Waals surface area contributed by atoms with Crippen LogP contribution in [0.25, 0.3) is 0 Å². The molecule has 0 spiro atoms. The van der Waals surface area contributed by atoms with Gasteiger partial charge in [0, 0.05) is 0 Å². The Kier molecular flexibility index (Phi) is 8.77. The van der Waals surface area contributed by atoms with Gasteiger partial charge in [0.25, 0.3) is 0 Å². The Hall–Kier alpha value is -1.16. The van der Waals surface area contributed by atoms with E-state index in [0.717, 1.165) is 60.4 Å². The van der Waals surface area contributed by atoms with Gasteiger partial charge in [-0.15, -0.1) is 0 Å². The van der Waals surface area contributed by atoms with E-state index in [0.29, 0.717) is 22.5 Å². The summed E-state index contributed by atoms with van der Waals surface area (Å²) in [7, 11) is 0. The predicted molar refractivity (Wildman–Crippen MR) is 158 cm³/mol. The Morgan fingerprint density at radius 2 is 1.66 bits per heavy atom. The Morgan fingerprint density at radius 3 is 2.42 bits per heavy atom. The molecule has 0 heterocycles. The average molecular weight is 541 g/mol. The maximum atomic E-state index is 12.5. The summed E-state index contributed by atoms with van der Waals surface area (Å²) < 4.78 is 11.5.